The molecule has 0 radical (unpaired) electrons. The molecule has 0 saturated carbocycles. The quantitative estimate of drug-likeness (QED) is 0.305. The van der Waals surface area contributed by atoms with Gasteiger partial charge in [0.25, 0.3) is 0 Å². The van der Waals surface area contributed by atoms with Crippen LogP contribution in [0.2, 0.25) is 0 Å². The Labute approximate surface area is 38.6 Å². The van der Waals surface area contributed by atoms with Gasteiger partial charge in [0, 0.05) is 0 Å². The van der Waals surface area contributed by atoms with Gasteiger partial charge < -0.3 is 0 Å². The third-order valence-corrected chi connectivity index (χ3v) is 0. The van der Waals surface area contributed by atoms with Crippen molar-refractivity contribution in [2.75, 3.05) is 0 Å². The van der Waals surface area contributed by atoms with Crippen LogP contribution in [0.25, 0.3) is 0 Å². The van der Waals surface area contributed by atoms with E-state index in [1.54, 1.807) is 0 Å². The van der Waals surface area contributed by atoms with Crippen molar-refractivity contribution in [3.8, 4) is 0 Å². The van der Waals surface area contributed by atoms with E-state index >= 15 is 0 Å². The zero-order chi connectivity index (χ0) is 2.71. The van der Waals surface area contributed by atoms with Crippen LogP contribution in [-0.4, -0.2) is 20.9 Å². The van der Waals surface area contributed by atoms with Gasteiger partial charge in [0.15, 0.2) is 0 Å². The maximum atomic E-state index is 4.75. The van der Waals surface area contributed by atoms with Crippen molar-refractivity contribution in [3.05, 3.63) is 0 Å². The van der Waals surface area contributed by atoms with Crippen LogP contribution in [0.3, 0.4) is 0 Å². The van der Waals surface area contributed by atoms with Crippen LogP contribution in [-0.2, 0) is 17.4 Å². The normalized spacial score (nSPS) is 6.00. The molecule has 0 atom stereocenters. The third-order valence-electron chi connectivity index (χ3n) is 0. The summed E-state index contributed by atoms with van der Waals surface area (Å²) in [6.07, 6.45) is 0. The van der Waals surface area contributed by atoms with Gasteiger partial charge in [-0.2, -0.15) is 0 Å². The molecule has 0 amide bonds. The molecule has 0 aromatic rings. The van der Waals surface area contributed by atoms with E-state index in [9.17, 15) is 0 Å². The molecule has 0 aromatic heterocycles. The summed E-state index contributed by atoms with van der Waals surface area (Å²) < 4.78 is 0. The van der Waals surface area contributed by atoms with Gasteiger partial charge in [-0.25, -0.2) is 0 Å². The van der Waals surface area contributed by atoms with Crippen molar-refractivity contribution in [1.29, 1.82) is 0 Å². The fourth-order valence-electron chi connectivity index (χ4n) is 0. The Morgan fingerprint density at radius 1 is 1.25 bits per heavy atom. The molecule has 0 heterocycles. The van der Waals surface area contributed by atoms with E-state index in [1.165, 1.54) is 0 Å². The Balaban J connectivity index is 0. The van der Waals surface area contributed by atoms with E-state index in [0.717, 1.165) is 0 Å². The predicted octanol–water partition coefficient (Wildman–Crippen LogP) is -1.68. The van der Waals surface area contributed by atoms with Crippen LogP contribution in [0.1, 0.15) is 0 Å². The Morgan fingerprint density at radius 2 is 1.25 bits per heavy atom. The van der Waals surface area contributed by atoms with Crippen LogP contribution in [0.5, 0.6) is 0 Å². The first-order valence-electron chi connectivity index (χ1n) is 0.577. The Kier molecular flexibility index (Phi) is 20.0. The van der Waals surface area contributed by atoms with Crippen molar-refractivity contribution in [3.63, 3.8) is 0 Å². The fraction of sp³-hybridized carbons (Fsp3) is 0. The topological polar surface area (TPSA) is 0 Å². The summed E-state index contributed by atoms with van der Waals surface area (Å²) in [5.41, 5.74) is 0. The summed E-state index contributed by atoms with van der Waals surface area (Å²) in [5, 5.41) is 9.50. The minimum atomic E-state index is -0.500. The standard InChI is InChI=1S/2B.Be.Ti.2H. The first-order valence-corrected chi connectivity index (χ1v) is 2.38. The Hall–Kier alpha value is 1.01. The van der Waals surface area contributed by atoms with Gasteiger partial charge in [-0.1, -0.05) is 0 Å². The van der Waals surface area contributed by atoms with Crippen molar-refractivity contribution in [2.45, 2.75) is 0 Å². The maximum absolute atomic E-state index is 4.75. The summed E-state index contributed by atoms with van der Waals surface area (Å²) >= 11 is -0.500. The van der Waals surface area contributed by atoms with E-state index in [4.69, 9.17) is 10.8 Å². The SMILES string of the molecule is [B]#[Ti]#[B].[BeH2]. The molecule has 0 rings (SSSR count). The molecule has 0 saturated heterocycles. The van der Waals surface area contributed by atoms with Gasteiger partial charge in [0.05, 0.1) is 0 Å². The van der Waals surface area contributed by atoms with E-state index in [0.29, 0.717) is 0 Å². The van der Waals surface area contributed by atoms with E-state index in [-0.39, 0.29) is 10.1 Å². The second kappa shape index (κ2) is 8.99. The second-order valence-electron chi connectivity index (χ2n) is 0.167. The summed E-state index contributed by atoms with van der Waals surface area (Å²) in [6.45, 7) is 0. The summed E-state index contributed by atoms with van der Waals surface area (Å²) in [5.74, 6) is 0. The second-order valence-corrected chi connectivity index (χ2v) is 0.687. The van der Waals surface area contributed by atoms with Crippen LogP contribution in [0.4, 0.5) is 0 Å². The molecule has 0 unspecified atom stereocenters. The van der Waals surface area contributed by atoms with Gasteiger partial charge in [0.2, 0.25) is 0 Å². The fourth-order valence-corrected chi connectivity index (χ4v) is 0. The third kappa shape index (κ3) is 11.9. The molecule has 4 heavy (non-hydrogen) atoms. The molecule has 0 aliphatic carbocycles. The molecule has 0 aromatic carbocycles. The summed E-state index contributed by atoms with van der Waals surface area (Å²) in [6, 6.07) is 0. The van der Waals surface area contributed by atoms with E-state index in [1.807, 2.05) is 0 Å². The molecule has 4 heteroatoms. The number of hydrogen-bond acceptors (Lipinski definition) is 0. The van der Waals surface area contributed by atoms with Gasteiger partial charge in [0.1, 0.15) is 0 Å². The molecule has 0 nitrogen and oxygen atoms in total. The Bertz CT molecular complexity index is 79.2. The van der Waals surface area contributed by atoms with Gasteiger partial charge in [-0.15, -0.1) is 0 Å². The summed E-state index contributed by atoms with van der Waals surface area (Å²) in [7, 11) is 0. The van der Waals surface area contributed by atoms with Crippen molar-refractivity contribution in [1.82, 2.24) is 0 Å². The molecule has 0 N–H and O–H groups in total. The molecule has 0 aliphatic rings. The molecule has 0 spiro atoms. The summed E-state index contributed by atoms with van der Waals surface area (Å²) in [4.78, 5) is 0. The van der Waals surface area contributed by atoms with Crippen LogP contribution in [0, 0.1) is 0 Å². The first-order chi connectivity index (χ1) is 1.41. The molecule has 14 valence electrons. The zero-order valence-corrected chi connectivity index (χ0v) is 3.22. The van der Waals surface area contributed by atoms with Crippen molar-refractivity contribution < 1.29 is 17.4 Å². The monoisotopic (exact) mass is 81.0 g/mol. The van der Waals surface area contributed by atoms with Crippen molar-refractivity contribution >= 4 is 20.9 Å². The van der Waals surface area contributed by atoms with Crippen LogP contribution >= 0.6 is 0 Å². The van der Waals surface area contributed by atoms with Gasteiger partial charge in [-0.3, -0.25) is 0 Å². The number of hydrogen-bond donors (Lipinski definition) is 0. The molecular formula is H2B2BeTi. The molecular weight excluding hydrogens is 78.5 g/mol. The van der Waals surface area contributed by atoms with E-state index < -0.39 is 17.4 Å². The predicted molar refractivity (Wildman–Crippen MR) is 20.1 cm³/mol. The molecule has 0 bridgehead atoms. The van der Waals surface area contributed by atoms with Gasteiger partial charge >= 0.3 is 38.2 Å². The Morgan fingerprint density at radius 3 is 1.25 bits per heavy atom. The van der Waals surface area contributed by atoms with Crippen LogP contribution in [0.15, 0.2) is 0 Å². The molecule has 0 aliphatic heterocycles. The minimum absolute atomic E-state index is 0. The van der Waals surface area contributed by atoms with Crippen LogP contribution < -0.4 is 0 Å². The molecule has 0 fully saturated rings. The zero-order valence-electron chi connectivity index (χ0n) is 1.65. The average molecular weight is 80.5 g/mol. The average Bonchev–Trinajstić information content (AvgIpc) is 0.918. The van der Waals surface area contributed by atoms with Gasteiger partial charge in [-0.05, 0) is 0 Å². The number of rotatable bonds is 0. The van der Waals surface area contributed by atoms with E-state index in [2.05, 4.69) is 0 Å². The van der Waals surface area contributed by atoms with Crippen molar-refractivity contribution in [2.24, 2.45) is 0 Å². The first kappa shape index (κ1) is 8.89.